The van der Waals surface area contributed by atoms with E-state index in [1.807, 2.05) is 91.9 Å². The number of nitrogens with zero attached hydrogens (tertiary/aromatic N) is 1. The van der Waals surface area contributed by atoms with Gasteiger partial charge in [-0.05, 0) is 41.7 Å². The number of rotatable bonds is 9. The topological polar surface area (TPSA) is 46.6 Å². The number of hydrogen-bond donors (Lipinski definition) is 0. The van der Waals surface area contributed by atoms with Crippen molar-refractivity contribution in [1.29, 1.82) is 0 Å². The van der Waals surface area contributed by atoms with Crippen molar-refractivity contribution in [1.82, 2.24) is 4.90 Å². The number of benzene rings is 5. The summed E-state index contributed by atoms with van der Waals surface area (Å²) < 4.78 is 6.49. The van der Waals surface area contributed by atoms with Crippen molar-refractivity contribution >= 4 is 23.5 Å². The van der Waals surface area contributed by atoms with E-state index in [2.05, 4.69) is 36.4 Å². The van der Waals surface area contributed by atoms with E-state index < -0.39 is 11.6 Å². The van der Waals surface area contributed by atoms with Crippen LogP contribution in [0.3, 0.4) is 0 Å². The molecular formula is C39H34ClNO3. The number of hydrogen-bond acceptors (Lipinski definition) is 3. The van der Waals surface area contributed by atoms with Gasteiger partial charge in [-0.3, -0.25) is 9.59 Å². The van der Waals surface area contributed by atoms with E-state index in [-0.39, 0.29) is 18.4 Å². The van der Waals surface area contributed by atoms with Gasteiger partial charge in [0.2, 0.25) is 5.91 Å². The molecule has 1 atom stereocenters. The zero-order valence-electron chi connectivity index (χ0n) is 24.9. The molecule has 0 aromatic heterocycles. The number of carbonyl (C=O) groups excluding carboxylic acids is 2. The van der Waals surface area contributed by atoms with Gasteiger partial charge in [0.15, 0.2) is 5.60 Å². The van der Waals surface area contributed by atoms with Crippen LogP contribution in [0.25, 0.3) is 11.1 Å². The van der Waals surface area contributed by atoms with Crippen LogP contribution < -0.4 is 0 Å². The second kappa shape index (κ2) is 12.5. The van der Waals surface area contributed by atoms with Gasteiger partial charge in [-0.25, -0.2) is 0 Å². The van der Waals surface area contributed by atoms with Gasteiger partial charge in [-0.2, -0.15) is 0 Å². The summed E-state index contributed by atoms with van der Waals surface area (Å²) in [6.45, 7) is 1.82. The zero-order valence-corrected chi connectivity index (χ0v) is 25.6. The Kier molecular flexibility index (Phi) is 8.36. The highest BCUT2D eigenvalue weighted by Gasteiger charge is 2.42. The minimum absolute atomic E-state index is 0.109. The molecule has 0 saturated heterocycles. The predicted octanol–water partition coefficient (Wildman–Crippen LogP) is 8.53. The van der Waals surface area contributed by atoms with Gasteiger partial charge in [0.05, 0.1) is 0 Å². The van der Waals surface area contributed by atoms with E-state index in [1.54, 1.807) is 13.1 Å². The lowest BCUT2D eigenvalue weighted by Crippen LogP contribution is -2.40. The molecule has 6 rings (SSSR count). The third-order valence-corrected chi connectivity index (χ3v) is 8.89. The summed E-state index contributed by atoms with van der Waals surface area (Å²) in [5, 5.41) is 0.478. The number of carbonyl (C=O) groups is 2. The van der Waals surface area contributed by atoms with Crippen molar-refractivity contribution in [3.05, 3.63) is 166 Å². The number of aryl methyl sites for hydroxylation is 1. The fourth-order valence-electron chi connectivity index (χ4n) is 6.37. The van der Waals surface area contributed by atoms with Crippen LogP contribution in [0, 0.1) is 6.92 Å². The molecule has 5 aromatic rings. The molecule has 5 aromatic carbocycles. The normalized spacial score (nSPS) is 13.4. The van der Waals surface area contributed by atoms with Crippen LogP contribution in [-0.4, -0.2) is 30.4 Å². The third kappa shape index (κ3) is 5.54. The van der Waals surface area contributed by atoms with Gasteiger partial charge in [0.1, 0.15) is 6.54 Å². The standard InChI is InChI=1S/C39H34ClNO3/c1-27-20-22-29(23-21-27)39(28-12-4-3-5-13-28,35-18-10-11-19-36(35)40)44-38(43)26-41(2)37(42)25-24-34-32-16-8-6-14-30(32)31-15-7-9-17-33(31)34/h3-23,34H,24-26H2,1-2H3. The van der Waals surface area contributed by atoms with Crippen LogP contribution in [0.4, 0.5) is 0 Å². The van der Waals surface area contributed by atoms with E-state index in [4.69, 9.17) is 16.3 Å². The number of halogens is 1. The second-order valence-corrected chi connectivity index (χ2v) is 11.8. The number of ether oxygens (including phenoxy) is 1. The molecule has 4 nitrogen and oxygen atoms in total. The Morgan fingerprint density at radius 2 is 1.27 bits per heavy atom. The summed E-state index contributed by atoms with van der Waals surface area (Å²) in [5.74, 6) is -0.497. The van der Waals surface area contributed by atoms with E-state index in [0.29, 0.717) is 23.4 Å². The second-order valence-electron chi connectivity index (χ2n) is 11.4. The average molecular weight is 600 g/mol. The summed E-state index contributed by atoms with van der Waals surface area (Å²) in [6.07, 6.45) is 0.965. The van der Waals surface area contributed by atoms with Gasteiger partial charge in [0, 0.05) is 41.1 Å². The number of amides is 1. The molecule has 0 N–H and O–H groups in total. The highest BCUT2D eigenvalue weighted by Crippen LogP contribution is 2.47. The van der Waals surface area contributed by atoms with Crippen molar-refractivity contribution < 1.29 is 14.3 Å². The Labute approximate surface area is 263 Å². The van der Waals surface area contributed by atoms with Crippen molar-refractivity contribution in [2.75, 3.05) is 13.6 Å². The molecule has 44 heavy (non-hydrogen) atoms. The molecule has 1 aliphatic carbocycles. The molecule has 1 unspecified atom stereocenters. The molecule has 220 valence electrons. The third-order valence-electron chi connectivity index (χ3n) is 8.56. The first-order chi connectivity index (χ1) is 21.4. The Bertz CT molecular complexity index is 1750. The fraction of sp³-hybridized carbons (Fsp3) is 0.179. The molecule has 5 heteroatoms. The van der Waals surface area contributed by atoms with Gasteiger partial charge in [-0.1, -0.05) is 138 Å². The number of likely N-dealkylation sites (N-methyl/N-ethyl adjacent to an activating group) is 1. The van der Waals surface area contributed by atoms with Crippen molar-refractivity contribution in [3.8, 4) is 11.1 Å². The highest BCUT2D eigenvalue weighted by molar-refractivity contribution is 6.31. The monoisotopic (exact) mass is 599 g/mol. The Morgan fingerprint density at radius 3 is 1.91 bits per heavy atom. The van der Waals surface area contributed by atoms with Crippen LogP contribution in [0.5, 0.6) is 0 Å². The molecule has 0 radical (unpaired) electrons. The SMILES string of the molecule is Cc1ccc(C(OC(=O)CN(C)C(=O)CCC2c3ccccc3-c3ccccc32)(c2ccccc2)c2ccccc2Cl)cc1. The fourth-order valence-corrected chi connectivity index (χ4v) is 6.64. The Balaban J connectivity index is 1.25. The first-order valence-electron chi connectivity index (χ1n) is 14.9. The minimum atomic E-state index is -1.31. The molecule has 1 aliphatic rings. The summed E-state index contributed by atoms with van der Waals surface area (Å²) in [7, 11) is 1.66. The molecular weight excluding hydrogens is 566 g/mol. The molecule has 0 aliphatic heterocycles. The molecule has 1 amide bonds. The van der Waals surface area contributed by atoms with E-state index >= 15 is 0 Å². The lowest BCUT2D eigenvalue weighted by Gasteiger charge is -2.36. The minimum Gasteiger partial charge on any atom is -0.443 e. The number of fused-ring (bicyclic) bond motifs is 3. The van der Waals surface area contributed by atoms with Crippen molar-refractivity contribution in [2.24, 2.45) is 0 Å². The van der Waals surface area contributed by atoms with Crippen LogP contribution in [0.2, 0.25) is 5.02 Å². The maximum atomic E-state index is 13.8. The maximum absolute atomic E-state index is 13.8. The molecule has 0 saturated carbocycles. The summed E-state index contributed by atoms with van der Waals surface area (Å²) in [5.41, 5.74) is 6.89. The first kappa shape index (κ1) is 29.4. The van der Waals surface area contributed by atoms with Gasteiger partial charge in [-0.15, -0.1) is 0 Å². The van der Waals surface area contributed by atoms with E-state index in [1.165, 1.54) is 27.2 Å². The Hall–Kier alpha value is -4.67. The maximum Gasteiger partial charge on any atom is 0.327 e. The van der Waals surface area contributed by atoms with Crippen LogP contribution in [0.1, 0.15) is 52.1 Å². The predicted molar refractivity (Wildman–Crippen MR) is 176 cm³/mol. The van der Waals surface area contributed by atoms with Gasteiger partial charge < -0.3 is 9.64 Å². The highest BCUT2D eigenvalue weighted by atomic mass is 35.5. The summed E-state index contributed by atoms with van der Waals surface area (Å²) in [6, 6.07) is 41.7. The smallest absolute Gasteiger partial charge is 0.327 e. The van der Waals surface area contributed by atoms with Crippen molar-refractivity contribution in [2.45, 2.75) is 31.3 Å². The first-order valence-corrected chi connectivity index (χ1v) is 15.3. The van der Waals surface area contributed by atoms with Crippen molar-refractivity contribution in [3.63, 3.8) is 0 Å². The lowest BCUT2D eigenvalue weighted by molar-refractivity contribution is -0.157. The van der Waals surface area contributed by atoms with Gasteiger partial charge in [0.25, 0.3) is 0 Å². The van der Waals surface area contributed by atoms with E-state index in [0.717, 1.165) is 16.7 Å². The quantitative estimate of drug-likeness (QED) is 0.126. The van der Waals surface area contributed by atoms with Crippen LogP contribution >= 0.6 is 11.6 Å². The van der Waals surface area contributed by atoms with Crippen LogP contribution in [-0.2, 0) is 19.9 Å². The summed E-state index contributed by atoms with van der Waals surface area (Å²) in [4.78, 5) is 28.7. The molecule has 0 bridgehead atoms. The lowest BCUT2D eigenvalue weighted by atomic mass is 9.79. The van der Waals surface area contributed by atoms with Gasteiger partial charge >= 0.3 is 5.97 Å². The zero-order chi connectivity index (χ0) is 30.7. The molecule has 0 spiro atoms. The largest absolute Gasteiger partial charge is 0.443 e. The molecule has 0 heterocycles. The summed E-state index contributed by atoms with van der Waals surface area (Å²) >= 11 is 6.80. The van der Waals surface area contributed by atoms with E-state index in [9.17, 15) is 9.59 Å². The van der Waals surface area contributed by atoms with Crippen LogP contribution in [0.15, 0.2) is 127 Å². The average Bonchev–Trinajstić information content (AvgIpc) is 3.37. The number of esters is 1. The molecule has 0 fully saturated rings. The Morgan fingerprint density at radius 1 is 0.727 bits per heavy atom.